The molecule has 1 atom stereocenters. The van der Waals surface area contributed by atoms with E-state index in [0.29, 0.717) is 28.7 Å². The number of carbonyl (C=O) groups is 1. The number of halogens is 1. The van der Waals surface area contributed by atoms with Crippen molar-refractivity contribution in [1.82, 2.24) is 4.90 Å². The first kappa shape index (κ1) is 15.4. The average molecular weight is 362 g/mol. The van der Waals surface area contributed by atoms with E-state index in [1.807, 2.05) is 0 Å². The molecule has 1 aliphatic rings. The highest BCUT2D eigenvalue weighted by Crippen LogP contribution is 2.26. The van der Waals surface area contributed by atoms with E-state index >= 15 is 0 Å². The first-order valence-electron chi connectivity index (χ1n) is 6.08. The molecule has 1 heterocycles. The topological polar surface area (TPSA) is 106 Å². The molecule has 4 N–H and O–H groups in total. The Morgan fingerprint density at radius 3 is 2.60 bits per heavy atom. The summed E-state index contributed by atoms with van der Waals surface area (Å²) >= 11 is 3.21. The molecule has 0 unspecified atom stereocenters. The van der Waals surface area contributed by atoms with Gasteiger partial charge in [-0.25, -0.2) is 13.6 Å². The van der Waals surface area contributed by atoms with Gasteiger partial charge in [0.1, 0.15) is 0 Å². The van der Waals surface area contributed by atoms with Gasteiger partial charge in [0.2, 0.25) is 10.0 Å². The second kappa shape index (κ2) is 5.44. The number of nitrogens with two attached hydrogens (primary N) is 2. The molecule has 8 heteroatoms. The molecule has 0 bridgehead atoms. The SMILES string of the molecule is Cc1c(C(=O)N2CC[C@@H](N)C2)cc(Br)cc1S(N)(=O)=O. The molecule has 1 aromatic carbocycles. The van der Waals surface area contributed by atoms with E-state index in [2.05, 4.69) is 15.9 Å². The summed E-state index contributed by atoms with van der Waals surface area (Å²) in [6.07, 6.45) is 0.751. The number of hydrogen-bond donors (Lipinski definition) is 2. The van der Waals surface area contributed by atoms with Gasteiger partial charge in [-0.15, -0.1) is 0 Å². The third-order valence-corrected chi connectivity index (χ3v) is 4.87. The van der Waals surface area contributed by atoms with Crippen LogP contribution in [0.3, 0.4) is 0 Å². The van der Waals surface area contributed by atoms with Crippen LogP contribution < -0.4 is 10.9 Å². The van der Waals surface area contributed by atoms with Crippen LogP contribution in [0.2, 0.25) is 0 Å². The van der Waals surface area contributed by atoms with Crippen molar-refractivity contribution in [3.05, 3.63) is 27.7 Å². The summed E-state index contributed by atoms with van der Waals surface area (Å²) < 4.78 is 23.6. The Morgan fingerprint density at radius 1 is 1.45 bits per heavy atom. The molecule has 0 aromatic heterocycles. The van der Waals surface area contributed by atoms with E-state index < -0.39 is 10.0 Å². The number of likely N-dealkylation sites (tertiary alicyclic amines) is 1. The van der Waals surface area contributed by atoms with Gasteiger partial charge in [0.15, 0.2) is 0 Å². The number of amides is 1. The third-order valence-electron chi connectivity index (χ3n) is 3.37. The maximum absolute atomic E-state index is 12.5. The minimum atomic E-state index is -3.87. The van der Waals surface area contributed by atoms with Crippen molar-refractivity contribution >= 4 is 31.9 Å². The highest BCUT2D eigenvalue weighted by Gasteiger charge is 2.27. The summed E-state index contributed by atoms with van der Waals surface area (Å²) in [5, 5.41) is 5.18. The van der Waals surface area contributed by atoms with Gasteiger partial charge in [0, 0.05) is 29.2 Å². The van der Waals surface area contributed by atoms with Crippen molar-refractivity contribution in [2.24, 2.45) is 10.9 Å². The molecule has 1 saturated heterocycles. The second-order valence-corrected chi connectivity index (χ2v) is 7.37. The van der Waals surface area contributed by atoms with Crippen LogP contribution in [-0.4, -0.2) is 38.4 Å². The molecule has 1 fully saturated rings. The van der Waals surface area contributed by atoms with E-state index in [1.54, 1.807) is 17.9 Å². The molecule has 0 radical (unpaired) electrons. The zero-order valence-electron chi connectivity index (χ0n) is 11.0. The highest BCUT2D eigenvalue weighted by atomic mass is 79.9. The summed E-state index contributed by atoms with van der Waals surface area (Å²) in [7, 11) is -3.87. The number of nitrogens with zero attached hydrogens (tertiary/aromatic N) is 1. The van der Waals surface area contributed by atoms with E-state index in [-0.39, 0.29) is 16.8 Å². The van der Waals surface area contributed by atoms with Gasteiger partial charge in [-0.1, -0.05) is 15.9 Å². The van der Waals surface area contributed by atoms with Crippen molar-refractivity contribution in [1.29, 1.82) is 0 Å². The first-order valence-corrected chi connectivity index (χ1v) is 8.42. The van der Waals surface area contributed by atoms with Crippen LogP contribution >= 0.6 is 15.9 Å². The van der Waals surface area contributed by atoms with E-state index in [4.69, 9.17) is 10.9 Å². The Labute approximate surface area is 126 Å². The van der Waals surface area contributed by atoms with Crippen LogP contribution in [-0.2, 0) is 10.0 Å². The van der Waals surface area contributed by atoms with Crippen molar-refractivity contribution < 1.29 is 13.2 Å². The molecule has 1 amide bonds. The van der Waals surface area contributed by atoms with E-state index in [1.165, 1.54) is 6.07 Å². The molecule has 6 nitrogen and oxygen atoms in total. The maximum atomic E-state index is 12.5. The number of hydrogen-bond acceptors (Lipinski definition) is 4. The number of sulfonamides is 1. The summed E-state index contributed by atoms with van der Waals surface area (Å²) in [5.41, 5.74) is 6.48. The average Bonchev–Trinajstić information content (AvgIpc) is 2.76. The van der Waals surface area contributed by atoms with E-state index in [9.17, 15) is 13.2 Å². The third kappa shape index (κ3) is 3.03. The van der Waals surface area contributed by atoms with Gasteiger partial charge < -0.3 is 10.6 Å². The molecule has 0 spiro atoms. The maximum Gasteiger partial charge on any atom is 0.254 e. The van der Waals surface area contributed by atoms with Crippen LogP contribution in [0.4, 0.5) is 0 Å². The monoisotopic (exact) mass is 361 g/mol. The summed E-state index contributed by atoms with van der Waals surface area (Å²) in [4.78, 5) is 14.0. The number of carbonyl (C=O) groups excluding carboxylic acids is 1. The minimum Gasteiger partial charge on any atom is -0.337 e. The Bertz CT molecular complexity index is 660. The largest absolute Gasteiger partial charge is 0.337 e. The Hall–Kier alpha value is -0.960. The molecular formula is C12H16BrN3O3S. The fourth-order valence-electron chi connectivity index (χ4n) is 2.31. The lowest BCUT2D eigenvalue weighted by atomic mass is 10.1. The molecule has 0 aliphatic carbocycles. The van der Waals surface area contributed by atoms with Gasteiger partial charge in [-0.3, -0.25) is 4.79 Å². The van der Waals surface area contributed by atoms with Crippen molar-refractivity contribution in [3.8, 4) is 0 Å². The standard InChI is InChI=1S/C12H16BrN3O3S/c1-7-10(12(17)16-3-2-9(14)6-16)4-8(13)5-11(7)20(15,18)19/h4-5,9H,2-3,6,14H2,1H3,(H2,15,18,19)/t9-/m1/s1. The second-order valence-electron chi connectivity index (χ2n) is 4.92. The van der Waals surface area contributed by atoms with Crippen LogP contribution in [0.25, 0.3) is 0 Å². The van der Waals surface area contributed by atoms with Gasteiger partial charge in [0.05, 0.1) is 4.90 Å². The molecule has 110 valence electrons. The number of benzene rings is 1. The Morgan fingerprint density at radius 2 is 2.10 bits per heavy atom. The molecular weight excluding hydrogens is 346 g/mol. The number of rotatable bonds is 2. The van der Waals surface area contributed by atoms with Gasteiger partial charge in [0.25, 0.3) is 5.91 Å². The van der Waals surface area contributed by atoms with Crippen LogP contribution in [0, 0.1) is 6.92 Å². The highest BCUT2D eigenvalue weighted by molar-refractivity contribution is 9.10. The lowest BCUT2D eigenvalue weighted by molar-refractivity contribution is 0.0790. The Balaban J connectivity index is 2.47. The van der Waals surface area contributed by atoms with Crippen LogP contribution in [0.1, 0.15) is 22.3 Å². The zero-order valence-corrected chi connectivity index (χ0v) is 13.4. The van der Waals surface area contributed by atoms with Gasteiger partial charge >= 0.3 is 0 Å². The molecule has 20 heavy (non-hydrogen) atoms. The van der Waals surface area contributed by atoms with Crippen LogP contribution in [0.15, 0.2) is 21.5 Å². The quantitative estimate of drug-likeness (QED) is 0.802. The molecule has 2 rings (SSSR count). The van der Waals surface area contributed by atoms with Gasteiger partial charge in [-0.2, -0.15) is 0 Å². The fourth-order valence-corrected chi connectivity index (χ4v) is 3.75. The zero-order chi connectivity index (χ0) is 15.1. The van der Waals surface area contributed by atoms with Crippen molar-refractivity contribution in [3.63, 3.8) is 0 Å². The fraction of sp³-hybridized carbons (Fsp3) is 0.417. The lowest BCUT2D eigenvalue weighted by Gasteiger charge is -2.18. The predicted molar refractivity (Wildman–Crippen MR) is 78.7 cm³/mol. The normalized spacial score (nSPS) is 19.4. The van der Waals surface area contributed by atoms with Crippen LogP contribution in [0.5, 0.6) is 0 Å². The molecule has 0 saturated carbocycles. The Kier molecular flexibility index (Phi) is 4.19. The summed E-state index contributed by atoms with van der Waals surface area (Å²) in [6.45, 7) is 2.64. The predicted octanol–water partition coefficient (Wildman–Crippen LogP) is 0.578. The smallest absolute Gasteiger partial charge is 0.254 e. The molecule has 1 aliphatic heterocycles. The molecule has 1 aromatic rings. The minimum absolute atomic E-state index is 0.0240. The van der Waals surface area contributed by atoms with E-state index in [0.717, 1.165) is 6.42 Å². The van der Waals surface area contributed by atoms with Crippen molar-refractivity contribution in [2.45, 2.75) is 24.3 Å². The lowest BCUT2D eigenvalue weighted by Crippen LogP contribution is -2.32. The first-order chi connectivity index (χ1) is 9.20. The number of primary sulfonamides is 1. The van der Waals surface area contributed by atoms with Gasteiger partial charge in [-0.05, 0) is 31.0 Å². The summed E-state index contributed by atoms with van der Waals surface area (Å²) in [5.74, 6) is -0.221. The summed E-state index contributed by atoms with van der Waals surface area (Å²) in [6, 6.07) is 2.98. The van der Waals surface area contributed by atoms with Crippen molar-refractivity contribution in [2.75, 3.05) is 13.1 Å².